The molecule has 5 heteroatoms. The lowest BCUT2D eigenvalue weighted by Gasteiger charge is -2.05. The van der Waals surface area contributed by atoms with Crippen LogP contribution < -0.4 is 5.32 Å². The molecule has 0 atom stereocenters. The summed E-state index contributed by atoms with van der Waals surface area (Å²) in [6.45, 7) is 10.1. The third kappa shape index (κ3) is 3.92. The molecule has 0 aromatic carbocycles. The fourth-order valence-corrected chi connectivity index (χ4v) is 2.02. The van der Waals surface area contributed by atoms with Gasteiger partial charge in [0.15, 0.2) is 0 Å². The molecule has 0 aliphatic carbocycles. The van der Waals surface area contributed by atoms with Crippen LogP contribution in [0.3, 0.4) is 0 Å². The van der Waals surface area contributed by atoms with Gasteiger partial charge in [-0.3, -0.25) is 0 Å². The second kappa shape index (κ2) is 6.52. The van der Waals surface area contributed by atoms with E-state index >= 15 is 0 Å². The summed E-state index contributed by atoms with van der Waals surface area (Å²) in [5, 5.41) is 3.40. The molecule has 0 spiro atoms. The van der Waals surface area contributed by atoms with E-state index in [2.05, 4.69) is 51.4 Å². The Morgan fingerprint density at radius 2 is 2.16 bits per heavy atom. The molecule has 0 fully saturated rings. The quantitative estimate of drug-likeness (QED) is 0.828. The second-order valence-corrected chi connectivity index (χ2v) is 5.19. The summed E-state index contributed by atoms with van der Waals surface area (Å²) in [5.41, 5.74) is 1.08. The molecule has 2 heterocycles. The first-order valence-electron chi connectivity index (χ1n) is 6.90. The van der Waals surface area contributed by atoms with Gasteiger partial charge in [-0.25, -0.2) is 9.97 Å². The highest BCUT2D eigenvalue weighted by Gasteiger charge is 2.04. The predicted octanol–water partition coefficient (Wildman–Crippen LogP) is 1.89. The number of aromatic nitrogens is 4. The summed E-state index contributed by atoms with van der Waals surface area (Å²) < 4.78 is 4.23. The molecule has 19 heavy (non-hydrogen) atoms. The number of hydrogen-bond donors (Lipinski definition) is 1. The highest BCUT2D eigenvalue weighted by molar-refractivity contribution is 5.00. The van der Waals surface area contributed by atoms with Gasteiger partial charge in [0.2, 0.25) is 0 Å². The van der Waals surface area contributed by atoms with Crippen molar-refractivity contribution in [2.75, 3.05) is 6.54 Å². The molecule has 104 valence electrons. The zero-order valence-electron chi connectivity index (χ0n) is 12.0. The van der Waals surface area contributed by atoms with Gasteiger partial charge < -0.3 is 14.5 Å². The molecule has 0 aliphatic rings. The van der Waals surface area contributed by atoms with Crippen LogP contribution in [0.1, 0.15) is 32.3 Å². The summed E-state index contributed by atoms with van der Waals surface area (Å²) in [6, 6.07) is 0. The molecule has 0 amide bonds. The average Bonchev–Trinajstić information content (AvgIpc) is 2.98. The van der Waals surface area contributed by atoms with Crippen molar-refractivity contribution in [2.24, 2.45) is 5.92 Å². The van der Waals surface area contributed by atoms with E-state index in [0.29, 0.717) is 5.92 Å². The minimum atomic E-state index is 0.666. The first-order chi connectivity index (χ1) is 9.19. The van der Waals surface area contributed by atoms with Crippen LogP contribution in [-0.2, 0) is 19.6 Å². The summed E-state index contributed by atoms with van der Waals surface area (Å²) in [6.07, 6.45) is 7.82. The van der Waals surface area contributed by atoms with E-state index < -0.39 is 0 Å². The molecular formula is C14H23N5. The highest BCUT2D eigenvalue weighted by atomic mass is 15.1. The monoisotopic (exact) mass is 261 g/mol. The molecule has 0 saturated heterocycles. The van der Waals surface area contributed by atoms with Crippen LogP contribution in [0.4, 0.5) is 0 Å². The molecule has 1 N–H and O–H groups in total. The zero-order valence-corrected chi connectivity index (χ0v) is 12.0. The minimum Gasteiger partial charge on any atom is -0.334 e. The molecule has 0 radical (unpaired) electrons. The Labute approximate surface area is 114 Å². The minimum absolute atomic E-state index is 0.666. The third-order valence-electron chi connectivity index (χ3n) is 3.01. The summed E-state index contributed by atoms with van der Waals surface area (Å²) in [4.78, 5) is 8.79. The van der Waals surface area contributed by atoms with Crippen LogP contribution in [0.5, 0.6) is 0 Å². The van der Waals surface area contributed by atoms with E-state index in [-0.39, 0.29) is 0 Å². The van der Waals surface area contributed by atoms with Gasteiger partial charge in [-0.15, -0.1) is 0 Å². The molecule has 0 unspecified atom stereocenters. The summed E-state index contributed by atoms with van der Waals surface area (Å²) in [5.74, 6) is 1.74. The predicted molar refractivity (Wildman–Crippen MR) is 75.8 cm³/mol. The Bertz CT molecular complexity index is 497. The molecule has 0 saturated carbocycles. The maximum atomic E-state index is 4.41. The number of nitrogens with one attached hydrogen (secondary N) is 1. The Hall–Kier alpha value is -1.62. The Morgan fingerprint density at radius 1 is 1.32 bits per heavy atom. The first kappa shape index (κ1) is 13.8. The molecule has 2 rings (SSSR count). The van der Waals surface area contributed by atoms with Gasteiger partial charge in [0.1, 0.15) is 5.82 Å². The Morgan fingerprint density at radius 3 is 2.89 bits per heavy atom. The molecule has 0 bridgehead atoms. The van der Waals surface area contributed by atoms with Crippen LogP contribution >= 0.6 is 0 Å². The second-order valence-electron chi connectivity index (χ2n) is 5.19. The van der Waals surface area contributed by atoms with Gasteiger partial charge in [-0.05, 0) is 19.4 Å². The molecule has 2 aromatic heterocycles. The van der Waals surface area contributed by atoms with Crippen molar-refractivity contribution in [1.29, 1.82) is 0 Å². The van der Waals surface area contributed by atoms with Gasteiger partial charge in [0.25, 0.3) is 0 Å². The zero-order chi connectivity index (χ0) is 13.7. The standard InChI is InChI=1S/C14H23N5/c1-4-19-6-5-16-14(19)10-18-9-13(17-11-18)8-15-7-12(2)3/h5-6,9,11-12,15H,4,7-8,10H2,1-3H3. The molecule has 5 nitrogen and oxygen atoms in total. The van der Waals surface area contributed by atoms with E-state index in [1.54, 1.807) is 0 Å². The topological polar surface area (TPSA) is 47.7 Å². The molecule has 0 aliphatic heterocycles. The van der Waals surface area contributed by atoms with Crippen LogP contribution in [0.2, 0.25) is 0 Å². The smallest absolute Gasteiger partial charge is 0.128 e. The van der Waals surface area contributed by atoms with Crippen LogP contribution in [-0.4, -0.2) is 25.6 Å². The number of aryl methyl sites for hydroxylation is 1. The first-order valence-corrected chi connectivity index (χ1v) is 6.90. The Kier molecular flexibility index (Phi) is 4.74. The maximum absolute atomic E-state index is 4.41. The Balaban J connectivity index is 1.90. The van der Waals surface area contributed by atoms with Crippen molar-refractivity contribution in [3.8, 4) is 0 Å². The van der Waals surface area contributed by atoms with E-state index in [4.69, 9.17) is 0 Å². The maximum Gasteiger partial charge on any atom is 0.128 e. The molecule has 2 aromatic rings. The fraction of sp³-hybridized carbons (Fsp3) is 0.571. The van der Waals surface area contributed by atoms with Gasteiger partial charge >= 0.3 is 0 Å². The van der Waals surface area contributed by atoms with E-state index in [1.807, 2.05) is 18.7 Å². The summed E-state index contributed by atoms with van der Waals surface area (Å²) in [7, 11) is 0. The van der Waals surface area contributed by atoms with Crippen molar-refractivity contribution in [3.63, 3.8) is 0 Å². The number of hydrogen-bond acceptors (Lipinski definition) is 3. The summed E-state index contributed by atoms with van der Waals surface area (Å²) >= 11 is 0. The van der Waals surface area contributed by atoms with E-state index in [0.717, 1.165) is 37.7 Å². The van der Waals surface area contributed by atoms with E-state index in [1.165, 1.54) is 0 Å². The lowest BCUT2D eigenvalue weighted by Crippen LogP contribution is -2.19. The van der Waals surface area contributed by atoms with Crippen LogP contribution in [0.15, 0.2) is 24.9 Å². The van der Waals surface area contributed by atoms with Crippen molar-refractivity contribution < 1.29 is 0 Å². The van der Waals surface area contributed by atoms with Crippen LogP contribution in [0, 0.1) is 5.92 Å². The lowest BCUT2D eigenvalue weighted by molar-refractivity contribution is 0.548. The van der Waals surface area contributed by atoms with Gasteiger partial charge in [0, 0.05) is 31.7 Å². The number of rotatable bonds is 7. The third-order valence-corrected chi connectivity index (χ3v) is 3.01. The van der Waals surface area contributed by atoms with Crippen molar-refractivity contribution >= 4 is 0 Å². The van der Waals surface area contributed by atoms with Gasteiger partial charge in [-0.2, -0.15) is 0 Å². The fourth-order valence-electron chi connectivity index (χ4n) is 2.02. The number of imidazole rings is 2. The van der Waals surface area contributed by atoms with Gasteiger partial charge in [-0.1, -0.05) is 13.8 Å². The lowest BCUT2D eigenvalue weighted by atomic mass is 10.2. The van der Waals surface area contributed by atoms with Crippen molar-refractivity contribution in [1.82, 2.24) is 24.4 Å². The van der Waals surface area contributed by atoms with Crippen molar-refractivity contribution in [3.05, 3.63) is 36.4 Å². The van der Waals surface area contributed by atoms with Crippen LogP contribution in [0.25, 0.3) is 0 Å². The van der Waals surface area contributed by atoms with Gasteiger partial charge in [0.05, 0.1) is 18.6 Å². The molecular weight excluding hydrogens is 238 g/mol. The van der Waals surface area contributed by atoms with E-state index in [9.17, 15) is 0 Å². The van der Waals surface area contributed by atoms with Crippen molar-refractivity contribution in [2.45, 2.75) is 40.4 Å². The normalized spacial score (nSPS) is 11.4. The number of nitrogens with zero attached hydrogens (tertiary/aromatic N) is 4. The SMILES string of the molecule is CCn1ccnc1Cn1cnc(CNCC(C)C)c1. The largest absolute Gasteiger partial charge is 0.334 e. The average molecular weight is 261 g/mol. The highest BCUT2D eigenvalue weighted by Crippen LogP contribution is 2.03.